The van der Waals surface area contributed by atoms with Gasteiger partial charge in [0, 0.05) is 21.3 Å². The van der Waals surface area contributed by atoms with E-state index in [1.807, 2.05) is 0 Å². The average Bonchev–Trinajstić information content (AvgIpc) is 2.17. The summed E-state index contributed by atoms with van der Waals surface area (Å²) in [5, 5.41) is 8.84. The SMILES string of the molecule is COC[C@H](CC[C@H](CO)OC)OC. The Bertz CT molecular complexity index is 104. The van der Waals surface area contributed by atoms with Crippen molar-refractivity contribution < 1.29 is 19.3 Å². The predicted molar refractivity (Wildman–Crippen MR) is 49.8 cm³/mol. The topological polar surface area (TPSA) is 47.9 Å². The zero-order valence-corrected chi connectivity index (χ0v) is 8.66. The number of aliphatic hydroxyl groups is 1. The number of ether oxygens (including phenoxy) is 3. The highest BCUT2D eigenvalue weighted by Gasteiger charge is 2.11. The summed E-state index contributed by atoms with van der Waals surface area (Å²) in [6.07, 6.45) is 1.63. The third-order valence-corrected chi connectivity index (χ3v) is 2.03. The molecule has 80 valence electrons. The Kier molecular flexibility index (Phi) is 8.33. The van der Waals surface area contributed by atoms with Crippen molar-refractivity contribution >= 4 is 0 Å². The fourth-order valence-electron chi connectivity index (χ4n) is 1.11. The van der Waals surface area contributed by atoms with Crippen molar-refractivity contribution in [3.8, 4) is 0 Å². The van der Waals surface area contributed by atoms with Crippen LogP contribution in [0.15, 0.2) is 0 Å². The first-order valence-corrected chi connectivity index (χ1v) is 4.43. The van der Waals surface area contributed by atoms with Gasteiger partial charge in [-0.1, -0.05) is 0 Å². The predicted octanol–water partition coefficient (Wildman–Crippen LogP) is 0.435. The van der Waals surface area contributed by atoms with E-state index >= 15 is 0 Å². The first kappa shape index (κ1) is 12.8. The first-order chi connectivity index (χ1) is 6.28. The monoisotopic (exact) mass is 192 g/mol. The standard InChI is InChI=1S/C9H20O4/c1-11-7-9(13-3)5-4-8(6-10)12-2/h8-10H,4-7H2,1-3H3/t8-,9+/m1/s1. The van der Waals surface area contributed by atoms with E-state index in [0.29, 0.717) is 6.61 Å². The average molecular weight is 192 g/mol. The molecule has 0 radical (unpaired) electrons. The minimum absolute atomic E-state index is 0.0555. The summed E-state index contributed by atoms with van der Waals surface area (Å²) in [4.78, 5) is 0. The van der Waals surface area contributed by atoms with Crippen LogP contribution in [0, 0.1) is 0 Å². The van der Waals surface area contributed by atoms with Crippen molar-refractivity contribution in [1.82, 2.24) is 0 Å². The summed E-state index contributed by atoms with van der Waals surface area (Å²) >= 11 is 0. The molecule has 4 heteroatoms. The highest BCUT2D eigenvalue weighted by atomic mass is 16.5. The van der Waals surface area contributed by atoms with Gasteiger partial charge < -0.3 is 19.3 Å². The second-order valence-corrected chi connectivity index (χ2v) is 2.93. The van der Waals surface area contributed by atoms with Crippen LogP contribution < -0.4 is 0 Å². The van der Waals surface area contributed by atoms with Gasteiger partial charge >= 0.3 is 0 Å². The molecule has 0 saturated carbocycles. The normalized spacial score (nSPS) is 15.7. The van der Waals surface area contributed by atoms with E-state index in [1.54, 1.807) is 21.3 Å². The number of methoxy groups -OCH3 is 3. The molecule has 0 aliphatic rings. The molecular weight excluding hydrogens is 172 g/mol. The van der Waals surface area contributed by atoms with E-state index in [-0.39, 0.29) is 18.8 Å². The maximum Gasteiger partial charge on any atom is 0.0805 e. The third kappa shape index (κ3) is 5.99. The lowest BCUT2D eigenvalue weighted by Crippen LogP contribution is -2.22. The van der Waals surface area contributed by atoms with Crippen molar-refractivity contribution in [3.63, 3.8) is 0 Å². The zero-order valence-electron chi connectivity index (χ0n) is 8.66. The largest absolute Gasteiger partial charge is 0.394 e. The minimum Gasteiger partial charge on any atom is -0.394 e. The summed E-state index contributed by atoms with van der Waals surface area (Å²) in [5.74, 6) is 0. The van der Waals surface area contributed by atoms with Crippen LogP contribution in [0.5, 0.6) is 0 Å². The summed E-state index contributed by atoms with van der Waals surface area (Å²) in [5.41, 5.74) is 0. The highest BCUT2D eigenvalue weighted by Crippen LogP contribution is 2.06. The van der Waals surface area contributed by atoms with E-state index < -0.39 is 0 Å². The summed E-state index contributed by atoms with van der Waals surface area (Å²) in [7, 11) is 4.90. The van der Waals surface area contributed by atoms with Crippen LogP contribution in [-0.2, 0) is 14.2 Å². The molecule has 0 unspecified atom stereocenters. The molecule has 0 heterocycles. The number of hydrogen-bond acceptors (Lipinski definition) is 4. The molecule has 0 bridgehead atoms. The fourth-order valence-corrected chi connectivity index (χ4v) is 1.11. The van der Waals surface area contributed by atoms with Crippen molar-refractivity contribution in [1.29, 1.82) is 0 Å². The van der Waals surface area contributed by atoms with Crippen molar-refractivity contribution in [2.24, 2.45) is 0 Å². The van der Waals surface area contributed by atoms with Crippen LogP contribution in [0.25, 0.3) is 0 Å². The van der Waals surface area contributed by atoms with E-state index in [9.17, 15) is 0 Å². The van der Waals surface area contributed by atoms with Crippen LogP contribution >= 0.6 is 0 Å². The van der Waals surface area contributed by atoms with Gasteiger partial charge in [0.2, 0.25) is 0 Å². The Morgan fingerprint density at radius 2 is 1.54 bits per heavy atom. The Morgan fingerprint density at radius 3 is 1.92 bits per heavy atom. The van der Waals surface area contributed by atoms with E-state index in [0.717, 1.165) is 12.8 Å². The lowest BCUT2D eigenvalue weighted by atomic mass is 10.1. The van der Waals surface area contributed by atoms with Gasteiger partial charge in [-0.15, -0.1) is 0 Å². The van der Waals surface area contributed by atoms with Gasteiger partial charge in [0.15, 0.2) is 0 Å². The van der Waals surface area contributed by atoms with Gasteiger partial charge in [-0.05, 0) is 12.8 Å². The molecule has 0 saturated heterocycles. The first-order valence-electron chi connectivity index (χ1n) is 4.43. The van der Waals surface area contributed by atoms with Gasteiger partial charge in [0.05, 0.1) is 25.4 Å². The number of hydrogen-bond donors (Lipinski definition) is 1. The zero-order chi connectivity index (χ0) is 10.1. The van der Waals surface area contributed by atoms with Gasteiger partial charge in [-0.2, -0.15) is 0 Å². The molecule has 0 rings (SSSR count). The molecule has 13 heavy (non-hydrogen) atoms. The van der Waals surface area contributed by atoms with E-state index in [1.165, 1.54) is 0 Å². The third-order valence-electron chi connectivity index (χ3n) is 2.03. The van der Waals surface area contributed by atoms with Gasteiger partial charge in [0.25, 0.3) is 0 Å². The summed E-state index contributed by atoms with van der Waals surface area (Å²) in [6.45, 7) is 0.637. The van der Waals surface area contributed by atoms with E-state index in [4.69, 9.17) is 19.3 Å². The van der Waals surface area contributed by atoms with Crippen LogP contribution in [0.3, 0.4) is 0 Å². The molecule has 1 N–H and O–H groups in total. The van der Waals surface area contributed by atoms with E-state index in [2.05, 4.69) is 0 Å². The van der Waals surface area contributed by atoms with Crippen molar-refractivity contribution in [2.45, 2.75) is 25.0 Å². The van der Waals surface area contributed by atoms with Gasteiger partial charge in [0.1, 0.15) is 0 Å². The molecule has 0 amide bonds. The highest BCUT2D eigenvalue weighted by molar-refractivity contribution is 4.62. The summed E-state index contributed by atoms with van der Waals surface area (Å²) in [6, 6.07) is 0. The lowest BCUT2D eigenvalue weighted by molar-refractivity contribution is -0.00211. The van der Waals surface area contributed by atoms with Crippen LogP contribution in [0.4, 0.5) is 0 Å². The van der Waals surface area contributed by atoms with Crippen LogP contribution in [-0.4, -0.2) is 51.9 Å². The van der Waals surface area contributed by atoms with Crippen LogP contribution in [0.2, 0.25) is 0 Å². The minimum atomic E-state index is -0.0884. The molecule has 4 nitrogen and oxygen atoms in total. The summed E-state index contributed by atoms with van der Waals surface area (Å²) < 4.78 is 15.2. The maximum atomic E-state index is 8.84. The van der Waals surface area contributed by atoms with Crippen molar-refractivity contribution in [2.75, 3.05) is 34.5 Å². The Labute approximate surface area is 79.8 Å². The molecule has 0 fully saturated rings. The molecule has 0 aliphatic heterocycles. The molecule has 0 aromatic rings. The second kappa shape index (κ2) is 8.44. The lowest BCUT2D eigenvalue weighted by Gasteiger charge is -2.17. The number of aliphatic hydroxyl groups excluding tert-OH is 1. The van der Waals surface area contributed by atoms with Gasteiger partial charge in [-0.25, -0.2) is 0 Å². The second-order valence-electron chi connectivity index (χ2n) is 2.93. The quantitative estimate of drug-likeness (QED) is 0.606. The Balaban J connectivity index is 3.56. The molecular formula is C9H20O4. The fraction of sp³-hybridized carbons (Fsp3) is 1.00. The molecule has 0 spiro atoms. The van der Waals surface area contributed by atoms with Gasteiger partial charge in [-0.3, -0.25) is 0 Å². The molecule has 0 aliphatic carbocycles. The molecule has 0 aromatic heterocycles. The smallest absolute Gasteiger partial charge is 0.0805 e. The Morgan fingerprint density at radius 1 is 1.00 bits per heavy atom. The number of rotatable bonds is 8. The van der Waals surface area contributed by atoms with Crippen LogP contribution in [0.1, 0.15) is 12.8 Å². The Hall–Kier alpha value is -0.160. The van der Waals surface area contributed by atoms with Crippen molar-refractivity contribution in [3.05, 3.63) is 0 Å². The molecule has 2 atom stereocenters. The molecule has 0 aromatic carbocycles. The maximum absolute atomic E-state index is 8.84.